The van der Waals surface area contributed by atoms with Crippen LogP contribution in [0.15, 0.2) is 84.7 Å². The maximum atomic E-state index is 13.1. The number of carbonyl (C=O) groups excluding carboxylic acids is 2. The van der Waals surface area contributed by atoms with Crippen molar-refractivity contribution in [3.8, 4) is 5.75 Å². The van der Waals surface area contributed by atoms with Crippen molar-refractivity contribution >= 4 is 17.4 Å². The summed E-state index contributed by atoms with van der Waals surface area (Å²) in [6.45, 7) is 1.54. The molecule has 1 unspecified atom stereocenters. The van der Waals surface area contributed by atoms with Crippen LogP contribution in [0.5, 0.6) is 5.75 Å². The fourth-order valence-electron chi connectivity index (χ4n) is 4.20. The molecule has 1 aliphatic heterocycles. The van der Waals surface area contributed by atoms with Crippen LogP contribution in [0.25, 0.3) is 5.76 Å². The van der Waals surface area contributed by atoms with Crippen molar-refractivity contribution in [3.05, 3.63) is 101 Å². The molecular weight excluding hydrogens is 442 g/mol. The summed E-state index contributed by atoms with van der Waals surface area (Å²) in [6.07, 6.45) is 3.76. The smallest absolute Gasteiger partial charge is 0.295 e. The monoisotopic (exact) mass is 471 g/mol. The summed E-state index contributed by atoms with van der Waals surface area (Å²) in [5.74, 6) is -0.889. The molecule has 1 aliphatic rings. The molecule has 1 atom stereocenters. The highest BCUT2D eigenvalue weighted by molar-refractivity contribution is 6.46. The Labute approximate surface area is 205 Å². The lowest BCUT2D eigenvalue weighted by Crippen LogP contribution is -2.32. The quantitative estimate of drug-likeness (QED) is 0.288. The molecular formula is C28H29N3O4. The van der Waals surface area contributed by atoms with Gasteiger partial charge in [-0.25, -0.2) is 0 Å². The summed E-state index contributed by atoms with van der Waals surface area (Å²) in [4.78, 5) is 33.8. The van der Waals surface area contributed by atoms with Crippen molar-refractivity contribution in [2.24, 2.45) is 0 Å². The maximum Gasteiger partial charge on any atom is 0.295 e. The first-order valence-electron chi connectivity index (χ1n) is 11.6. The summed E-state index contributed by atoms with van der Waals surface area (Å²) in [5, 5.41) is 11.1. The van der Waals surface area contributed by atoms with Gasteiger partial charge in [0.15, 0.2) is 0 Å². The Hall–Kier alpha value is -3.97. The number of rotatable bonds is 9. The van der Waals surface area contributed by atoms with Crippen molar-refractivity contribution in [3.63, 3.8) is 0 Å². The Morgan fingerprint density at radius 3 is 2.49 bits per heavy atom. The second kappa shape index (κ2) is 11.0. The van der Waals surface area contributed by atoms with Crippen LogP contribution in [0.4, 0.5) is 0 Å². The Bertz CT molecular complexity index is 1210. The molecule has 1 saturated heterocycles. The Morgan fingerprint density at radius 1 is 1.03 bits per heavy atom. The van der Waals surface area contributed by atoms with Crippen LogP contribution in [0.1, 0.15) is 29.2 Å². The van der Waals surface area contributed by atoms with E-state index in [1.807, 2.05) is 73.6 Å². The van der Waals surface area contributed by atoms with Gasteiger partial charge in [0.05, 0.1) is 11.6 Å². The van der Waals surface area contributed by atoms with Crippen molar-refractivity contribution in [1.29, 1.82) is 0 Å². The highest BCUT2D eigenvalue weighted by Gasteiger charge is 2.45. The number of aliphatic hydroxyl groups is 1. The summed E-state index contributed by atoms with van der Waals surface area (Å²) in [5.41, 5.74) is 2.25. The van der Waals surface area contributed by atoms with Gasteiger partial charge in [-0.1, -0.05) is 42.5 Å². The van der Waals surface area contributed by atoms with Crippen molar-refractivity contribution in [2.75, 3.05) is 27.2 Å². The number of ether oxygens (including phenoxy) is 1. The Morgan fingerprint density at radius 2 is 1.77 bits per heavy atom. The van der Waals surface area contributed by atoms with E-state index in [2.05, 4.69) is 4.98 Å². The van der Waals surface area contributed by atoms with Gasteiger partial charge < -0.3 is 19.6 Å². The average Bonchev–Trinajstić information content (AvgIpc) is 3.13. The topological polar surface area (TPSA) is 83.0 Å². The third kappa shape index (κ3) is 5.58. The van der Waals surface area contributed by atoms with Crippen molar-refractivity contribution < 1.29 is 19.4 Å². The molecule has 2 heterocycles. The number of aliphatic hydroxyl groups excluding tert-OH is 1. The van der Waals surface area contributed by atoms with Crippen LogP contribution < -0.4 is 4.74 Å². The summed E-state index contributed by atoms with van der Waals surface area (Å²) < 4.78 is 5.99. The predicted octanol–water partition coefficient (Wildman–Crippen LogP) is 4.03. The fourth-order valence-corrected chi connectivity index (χ4v) is 4.20. The molecule has 1 aromatic heterocycles. The molecule has 7 heteroatoms. The highest BCUT2D eigenvalue weighted by atomic mass is 16.5. The number of Topliss-reactive ketones (excluding diaryl/α,β-unsaturated/α-hetero) is 1. The fraction of sp³-hybridized carbons (Fsp3) is 0.250. The average molecular weight is 472 g/mol. The molecule has 2 aromatic carbocycles. The summed E-state index contributed by atoms with van der Waals surface area (Å²) >= 11 is 0. The number of ketones is 1. The van der Waals surface area contributed by atoms with Gasteiger partial charge in [-0.2, -0.15) is 0 Å². The Kier molecular flexibility index (Phi) is 7.57. The zero-order valence-electron chi connectivity index (χ0n) is 19.9. The van der Waals surface area contributed by atoms with Crippen molar-refractivity contribution in [2.45, 2.75) is 19.1 Å². The second-order valence-corrected chi connectivity index (χ2v) is 8.73. The minimum atomic E-state index is -0.717. The molecule has 0 bridgehead atoms. The van der Waals surface area contributed by atoms with Gasteiger partial charge in [-0.15, -0.1) is 0 Å². The van der Waals surface area contributed by atoms with Gasteiger partial charge in [-0.05, 0) is 62.5 Å². The van der Waals surface area contributed by atoms with E-state index in [1.54, 1.807) is 17.0 Å². The standard InChI is InChI=1S/C28H29N3O4/c1-30(2)16-7-17-31-25(24(27(33)28(31)34)26(32)21-12-14-29-15-13-21)22-10-6-11-23(18-22)35-19-20-8-4-3-5-9-20/h3-6,8-15,18,25,32H,7,16-17,19H2,1-2H3. The molecule has 1 amide bonds. The lowest BCUT2D eigenvalue weighted by atomic mass is 9.95. The molecule has 3 aromatic rings. The first-order valence-corrected chi connectivity index (χ1v) is 11.6. The van der Waals surface area contributed by atoms with Crippen molar-refractivity contribution in [1.82, 2.24) is 14.8 Å². The van der Waals surface area contributed by atoms with E-state index in [0.29, 0.717) is 36.4 Å². The lowest BCUT2D eigenvalue weighted by molar-refractivity contribution is -0.139. The van der Waals surface area contributed by atoms with Gasteiger partial charge in [-0.3, -0.25) is 14.6 Å². The van der Waals surface area contributed by atoms with E-state index >= 15 is 0 Å². The lowest BCUT2D eigenvalue weighted by Gasteiger charge is -2.26. The maximum absolute atomic E-state index is 13.1. The zero-order chi connectivity index (χ0) is 24.8. The number of carbonyl (C=O) groups is 2. The van der Waals surface area contributed by atoms with Crippen LogP contribution in [0, 0.1) is 0 Å². The Balaban J connectivity index is 1.70. The minimum Gasteiger partial charge on any atom is -0.507 e. The van der Waals surface area contributed by atoms with Crippen LogP contribution in [-0.4, -0.2) is 58.8 Å². The first-order chi connectivity index (χ1) is 17.0. The molecule has 7 nitrogen and oxygen atoms in total. The van der Waals surface area contributed by atoms with E-state index < -0.39 is 17.7 Å². The van der Waals surface area contributed by atoms with Crippen LogP contribution in [0.3, 0.4) is 0 Å². The number of hydrogen-bond acceptors (Lipinski definition) is 6. The largest absolute Gasteiger partial charge is 0.507 e. The van der Waals surface area contributed by atoms with Gasteiger partial charge >= 0.3 is 0 Å². The number of aromatic nitrogens is 1. The van der Waals surface area contributed by atoms with Crippen LogP contribution in [0.2, 0.25) is 0 Å². The summed E-state index contributed by atoms with van der Waals surface area (Å²) in [6, 6.07) is 19.7. The van der Waals surface area contributed by atoms with Crippen LogP contribution >= 0.6 is 0 Å². The number of hydrogen-bond donors (Lipinski definition) is 1. The van der Waals surface area contributed by atoms with E-state index in [9.17, 15) is 14.7 Å². The van der Waals surface area contributed by atoms with Gasteiger partial charge in [0.25, 0.3) is 11.7 Å². The SMILES string of the molecule is CN(C)CCCN1C(=O)C(=O)C(=C(O)c2ccncc2)C1c1cccc(OCc2ccccc2)c1. The van der Waals surface area contributed by atoms with Crippen LogP contribution in [-0.2, 0) is 16.2 Å². The number of benzene rings is 2. The molecule has 0 radical (unpaired) electrons. The van der Waals surface area contributed by atoms with Gasteiger partial charge in [0.1, 0.15) is 18.1 Å². The highest BCUT2D eigenvalue weighted by Crippen LogP contribution is 2.40. The number of nitrogens with zero attached hydrogens (tertiary/aromatic N) is 3. The molecule has 4 rings (SSSR count). The predicted molar refractivity (Wildman–Crippen MR) is 134 cm³/mol. The van der Waals surface area contributed by atoms with E-state index in [-0.39, 0.29) is 11.3 Å². The molecule has 35 heavy (non-hydrogen) atoms. The van der Waals surface area contributed by atoms with E-state index in [4.69, 9.17) is 4.74 Å². The number of amides is 1. The van der Waals surface area contributed by atoms with Gasteiger partial charge in [0.2, 0.25) is 0 Å². The molecule has 0 aliphatic carbocycles. The third-order valence-corrected chi connectivity index (χ3v) is 5.92. The first kappa shape index (κ1) is 24.2. The molecule has 0 saturated carbocycles. The molecule has 180 valence electrons. The molecule has 1 fully saturated rings. The number of pyridine rings is 1. The molecule has 0 spiro atoms. The van der Waals surface area contributed by atoms with Gasteiger partial charge in [0, 0.05) is 24.5 Å². The third-order valence-electron chi connectivity index (χ3n) is 5.92. The zero-order valence-corrected chi connectivity index (χ0v) is 19.9. The summed E-state index contributed by atoms with van der Waals surface area (Å²) in [7, 11) is 3.92. The van der Waals surface area contributed by atoms with E-state index in [0.717, 1.165) is 12.1 Å². The number of likely N-dealkylation sites (tertiary alicyclic amines) is 1. The van der Waals surface area contributed by atoms with E-state index in [1.165, 1.54) is 12.4 Å². The minimum absolute atomic E-state index is 0.0752. The second-order valence-electron chi connectivity index (χ2n) is 8.73. The normalized spacial score (nSPS) is 17.2. The molecule has 1 N–H and O–H groups in total.